The van der Waals surface area contributed by atoms with E-state index in [9.17, 15) is 4.79 Å². The average molecular weight is 360 g/mol. The first-order valence-electron chi connectivity index (χ1n) is 8.79. The van der Waals surface area contributed by atoms with Crippen molar-refractivity contribution in [1.82, 2.24) is 20.6 Å². The van der Waals surface area contributed by atoms with Crippen molar-refractivity contribution < 1.29 is 14.3 Å². The number of rotatable bonds is 10. The molecule has 26 heavy (non-hydrogen) atoms. The van der Waals surface area contributed by atoms with Crippen molar-refractivity contribution in [2.24, 2.45) is 0 Å². The SMILES string of the molecule is CNC(=O)NCCOCCOC[C@H](c1cnc[nH]1)c1cccc(C)c1C. The van der Waals surface area contributed by atoms with E-state index in [0.717, 1.165) is 5.69 Å². The van der Waals surface area contributed by atoms with Crippen molar-refractivity contribution in [3.05, 3.63) is 53.1 Å². The molecular formula is C19H28N4O3. The molecule has 0 bridgehead atoms. The lowest BCUT2D eigenvalue weighted by atomic mass is 9.91. The smallest absolute Gasteiger partial charge is 0.314 e. The molecule has 1 aromatic carbocycles. The topological polar surface area (TPSA) is 88.3 Å². The molecule has 142 valence electrons. The Bertz CT molecular complexity index is 673. The van der Waals surface area contributed by atoms with Crippen molar-refractivity contribution in [3.63, 3.8) is 0 Å². The zero-order valence-corrected chi connectivity index (χ0v) is 15.7. The lowest BCUT2D eigenvalue weighted by Gasteiger charge is -2.19. The second-order valence-corrected chi connectivity index (χ2v) is 6.04. The molecule has 0 aliphatic rings. The minimum atomic E-state index is -0.208. The number of imidazole rings is 1. The van der Waals surface area contributed by atoms with Crippen molar-refractivity contribution in [1.29, 1.82) is 0 Å². The van der Waals surface area contributed by atoms with Crippen LogP contribution in [0.3, 0.4) is 0 Å². The highest BCUT2D eigenvalue weighted by Crippen LogP contribution is 2.27. The fourth-order valence-corrected chi connectivity index (χ4v) is 2.70. The fraction of sp³-hybridized carbons (Fsp3) is 0.474. The number of urea groups is 1. The van der Waals surface area contributed by atoms with Crippen LogP contribution in [0.5, 0.6) is 0 Å². The molecule has 0 aliphatic heterocycles. The Balaban J connectivity index is 1.80. The Morgan fingerprint density at radius 3 is 2.77 bits per heavy atom. The summed E-state index contributed by atoms with van der Waals surface area (Å²) in [5.41, 5.74) is 4.81. The molecule has 7 nitrogen and oxygen atoms in total. The van der Waals surface area contributed by atoms with Gasteiger partial charge in [-0.25, -0.2) is 9.78 Å². The van der Waals surface area contributed by atoms with Gasteiger partial charge in [-0.1, -0.05) is 18.2 Å². The van der Waals surface area contributed by atoms with Crippen LogP contribution in [0.1, 0.15) is 28.3 Å². The van der Waals surface area contributed by atoms with Crippen LogP contribution in [0, 0.1) is 13.8 Å². The van der Waals surface area contributed by atoms with Gasteiger partial charge in [0.15, 0.2) is 0 Å². The van der Waals surface area contributed by atoms with E-state index in [-0.39, 0.29) is 11.9 Å². The summed E-state index contributed by atoms with van der Waals surface area (Å²) < 4.78 is 11.3. The van der Waals surface area contributed by atoms with Crippen molar-refractivity contribution in [2.45, 2.75) is 19.8 Å². The molecule has 2 rings (SSSR count). The number of aromatic amines is 1. The quantitative estimate of drug-likeness (QED) is 0.566. The minimum absolute atomic E-state index is 0.104. The van der Waals surface area contributed by atoms with E-state index < -0.39 is 0 Å². The highest BCUT2D eigenvalue weighted by atomic mass is 16.5. The third-order valence-corrected chi connectivity index (χ3v) is 4.33. The molecule has 0 fully saturated rings. The lowest BCUT2D eigenvalue weighted by molar-refractivity contribution is 0.0463. The Morgan fingerprint density at radius 2 is 2.04 bits per heavy atom. The number of hydrogen-bond acceptors (Lipinski definition) is 4. The maximum Gasteiger partial charge on any atom is 0.314 e. The summed E-state index contributed by atoms with van der Waals surface area (Å²) in [4.78, 5) is 18.4. The summed E-state index contributed by atoms with van der Waals surface area (Å²) in [6, 6.07) is 6.12. The first-order chi connectivity index (χ1) is 12.6. The largest absolute Gasteiger partial charge is 0.378 e. The van der Waals surface area contributed by atoms with Gasteiger partial charge in [-0.15, -0.1) is 0 Å². The number of nitrogens with one attached hydrogen (secondary N) is 3. The molecule has 1 aromatic heterocycles. The number of hydrogen-bond donors (Lipinski definition) is 3. The van der Waals surface area contributed by atoms with Gasteiger partial charge in [0.2, 0.25) is 0 Å². The van der Waals surface area contributed by atoms with Crippen LogP contribution in [0.15, 0.2) is 30.7 Å². The van der Waals surface area contributed by atoms with Gasteiger partial charge in [-0.05, 0) is 30.5 Å². The van der Waals surface area contributed by atoms with Crippen LogP contribution in [0.25, 0.3) is 0 Å². The molecule has 1 heterocycles. The number of aromatic nitrogens is 2. The van der Waals surface area contributed by atoms with Gasteiger partial charge >= 0.3 is 6.03 Å². The molecule has 0 radical (unpaired) electrons. The Morgan fingerprint density at radius 1 is 1.23 bits per heavy atom. The van der Waals surface area contributed by atoms with E-state index in [1.54, 1.807) is 13.4 Å². The molecule has 1 atom stereocenters. The highest BCUT2D eigenvalue weighted by Gasteiger charge is 2.18. The predicted octanol–water partition coefficient (Wildman–Crippen LogP) is 2.12. The second kappa shape index (κ2) is 10.6. The standard InChI is InChI=1S/C19H28N4O3/c1-14-5-4-6-16(15(14)2)17(18-11-21-13-23-18)12-26-10-9-25-8-7-22-19(24)20-3/h4-6,11,13,17H,7-10,12H2,1-3H3,(H,21,23)(H2,20,22,24)/t17-/m0/s1. The molecule has 0 saturated carbocycles. The summed E-state index contributed by atoms with van der Waals surface area (Å²) in [6.07, 6.45) is 3.53. The van der Waals surface area contributed by atoms with Gasteiger partial charge in [-0.2, -0.15) is 0 Å². The van der Waals surface area contributed by atoms with Crippen molar-refractivity contribution in [2.75, 3.05) is 40.0 Å². The third kappa shape index (κ3) is 5.86. The zero-order valence-electron chi connectivity index (χ0n) is 15.7. The first kappa shape index (κ1) is 19.9. The summed E-state index contributed by atoms with van der Waals surface area (Å²) in [5, 5.41) is 5.15. The van der Waals surface area contributed by atoms with Crippen LogP contribution in [0.4, 0.5) is 4.79 Å². The van der Waals surface area contributed by atoms with Crippen LogP contribution < -0.4 is 10.6 Å². The van der Waals surface area contributed by atoms with Gasteiger partial charge < -0.3 is 25.1 Å². The van der Waals surface area contributed by atoms with E-state index in [4.69, 9.17) is 9.47 Å². The van der Waals surface area contributed by atoms with Gasteiger partial charge in [0.05, 0.1) is 32.8 Å². The van der Waals surface area contributed by atoms with Crippen LogP contribution >= 0.6 is 0 Å². The maximum atomic E-state index is 11.0. The number of carbonyl (C=O) groups is 1. The molecular weight excluding hydrogens is 332 g/mol. The number of ether oxygens (including phenoxy) is 2. The number of H-pyrrole nitrogens is 1. The Kier molecular flexibility index (Phi) is 8.11. The molecule has 0 aliphatic carbocycles. The van der Waals surface area contributed by atoms with E-state index >= 15 is 0 Å². The van der Waals surface area contributed by atoms with Crippen molar-refractivity contribution >= 4 is 6.03 Å². The number of aryl methyl sites for hydroxylation is 1. The van der Waals surface area contributed by atoms with Crippen LogP contribution in [-0.2, 0) is 9.47 Å². The van der Waals surface area contributed by atoms with Crippen LogP contribution in [-0.4, -0.2) is 56.0 Å². The normalized spacial score (nSPS) is 12.0. The fourth-order valence-electron chi connectivity index (χ4n) is 2.70. The lowest BCUT2D eigenvalue weighted by Crippen LogP contribution is -2.35. The summed E-state index contributed by atoms with van der Waals surface area (Å²) >= 11 is 0. The first-order valence-corrected chi connectivity index (χ1v) is 8.79. The van der Waals surface area contributed by atoms with E-state index in [2.05, 4.69) is 52.6 Å². The number of benzene rings is 1. The average Bonchev–Trinajstić information content (AvgIpc) is 3.17. The molecule has 0 saturated heterocycles. The number of carbonyl (C=O) groups excluding carboxylic acids is 1. The minimum Gasteiger partial charge on any atom is -0.378 e. The molecule has 2 amide bonds. The van der Waals surface area contributed by atoms with Crippen LogP contribution in [0.2, 0.25) is 0 Å². The van der Waals surface area contributed by atoms with Gasteiger partial charge in [0.1, 0.15) is 0 Å². The third-order valence-electron chi connectivity index (χ3n) is 4.33. The molecule has 0 unspecified atom stereocenters. The molecule has 7 heteroatoms. The zero-order chi connectivity index (χ0) is 18.8. The monoisotopic (exact) mass is 360 g/mol. The van der Waals surface area contributed by atoms with E-state index in [1.165, 1.54) is 16.7 Å². The molecule has 2 aromatic rings. The van der Waals surface area contributed by atoms with Crippen molar-refractivity contribution in [3.8, 4) is 0 Å². The number of nitrogens with zero attached hydrogens (tertiary/aromatic N) is 1. The summed E-state index contributed by atoms with van der Waals surface area (Å²) in [7, 11) is 1.58. The van der Waals surface area contributed by atoms with Gasteiger partial charge in [0, 0.05) is 31.4 Å². The summed E-state index contributed by atoms with van der Waals surface area (Å²) in [6.45, 7) is 6.71. The Hall–Kier alpha value is -2.38. The molecule has 0 spiro atoms. The molecule has 3 N–H and O–H groups in total. The predicted molar refractivity (Wildman–Crippen MR) is 100 cm³/mol. The van der Waals surface area contributed by atoms with Gasteiger partial charge in [0.25, 0.3) is 0 Å². The number of amides is 2. The Labute approximate surface area is 154 Å². The highest BCUT2D eigenvalue weighted by molar-refractivity contribution is 5.73. The van der Waals surface area contributed by atoms with E-state index in [0.29, 0.717) is 33.0 Å². The maximum absolute atomic E-state index is 11.0. The summed E-state index contributed by atoms with van der Waals surface area (Å²) in [5.74, 6) is 0.104. The van der Waals surface area contributed by atoms with E-state index in [1.807, 2.05) is 6.20 Å². The second-order valence-electron chi connectivity index (χ2n) is 6.04. The van der Waals surface area contributed by atoms with Gasteiger partial charge in [-0.3, -0.25) is 0 Å².